The largest absolute Gasteiger partial charge is 0.482 e. The molecular formula is C20H21NO4S2. The number of carbonyl (C=O) groups excluding carboxylic acids is 2. The zero-order valence-corrected chi connectivity index (χ0v) is 16.4. The number of ether oxygens (including phenoxy) is 2. The fourth-order valence-corrected chi connectivity index (χ4v) is 5.43. The van der Waals surface area contributed by atoms with Gasteiger partial charge in [0.05, 0.1) is 4.58 Å². The van der Waals surface area contributed by atoms with Crippen molar-refractivity contribution in [2.24, 2.45) is 0 Å². The molecule has 1 amide bonds. The third kappa shape index (κ3) is 6.22. The van der Waals surface area contributed by atoms with E-state index in [1.807, 2.05) is 78.1 Å². The van der Waals surface area contributed by atoms with Crippen LogP contribution < -0.4 is 10.1 Å². The topological polar surface area (TPSA) is 64.6 Å². The summed E-state index contributed by atoms with van der Waals surface area (Å²) in [5, 5.41) is 2.71. The second-order valence-electron chi connectivity index (χ2n) is 5.82. The van der Waals surface area contributed by atoms with Crippen LogP contribution in [0.5, 0.6) is 5.75 Å². The molecule has 5 nitrogen and oxygen atoms in total. The van der Waals surface area contributed by atoms with Crippen molar-refractivity contribution in [1.29, 1.82) is 0 Å². The van der Waals surface area contributed by atoms with Crippen LogP contribution in [0.1, 0.15) is 15.7 Å². The van der Waals surface area contributed by atoms with E-state index >= 15 is 0 Å². The highest BCUT2D eigenvalue weighted by Gasteiger charge is 2.22. The number of benzene rings is 2. The number of para-hydroxylation sites is 1. The van der Waals surface area contributed by atoms with Gasteiger partial charge in [0, 0.05) is 23.6 Å². The minimum atomic E-state index is -0.564. The number of hydrogen-bond donors (Lipinski definition) is 1. The van der Waals surface area contributed by atoms with Crippen LogP contribution in [0.3, 0.4) is 0 Å². The molecule has 0 unspecified atom stereocenters. The molecular weight excluding hydrogens is 382 g/mol. The van der Waals surface area contributed by atoms with E-state index in [0.29, 0.717) is 16.9 Å². The van der Waals surface area contributed by atoms with Gasteiger partial charge in [0.25, 0.3) is 5.91 Å². The Morgan fingerprint density at radius 3 is 2.44 bits per heavy atom. The van der Waals surface area contributed by atoms with E-state index in [1.54, 1.807) is 0 Å². The van der Waals surface area contributed by atoms with E-state index in [1.165, 1.54) is 0 Å². The van der Waals surface area contributed by atoms with Gasteiger partial charge in [0.2, 0.25) is 0 Å². The molecule has 7 heteroatoms. The van der Waals surface area contributed by atoms with Gasteiger partial charge in [-0.05, 0) is 11.6 Å². The van der Waals surface area contributed by atoms with Gasteiger partial charge in [0.15, 0.2) is 13.2 Å². The average molecular weight is 404 g/mol. The summed E-state index contributed by atoms with van der Waals surface area (Å²) in [5.41, 5.74) is 2.07. The number of carbonyl (C=O) groups is 2. The van der Waals surface area contributed by atoms with Crippen molar-refractivity contribution in [3.63, 3.8) is 0 Å². The van der Waals surface area contributed by atoms with Crippen molar-refractivity contribution < 1.29 is 19.1 Å². The summed E-state index contributed by atoms with van der Waals surface area (Å²) in [6.45, 7) is -0.131. The lowest BCUT2D eigenvalue weighted by Crippen LogP contribution is -2.29. The van der Waals surface area contributed by atoms with Crippen molar-refractivity contribution in [3.8, 4) is 5.75 Å². The monoisotopic (exact) mass is 403 g/mol. The van der Waals surface area contributed by atoms with Crippen LogP contribution >= 0.6 is 23.5 Å². The van der Waals surface area contributed by atoms with Crippen LogP contribution in [0.4, 0.5) is 0 Å². The fourth-order valence-electron chi connectivity index (χ4n) is 2.52. The molecule has 1 fully saturated rings. The number of nitrogens with one attached hydrogen (secondary N) is 1. The van der Waals surface area contributed by atoms with Gasteiger partial charge >= 0.3 is 5.97 Å². The SMILES string of the molecule is O=C(COC(=O)COc1ccccc1C1SCCS1)NCc1ccccc1. The quantitative estimate of drug-likeness (QED) is 0.682. The Hall–Kier alpha value is -2.12. The number of esters is 1. The lowest BCUT2D eigenvalue weighted by atomic mass is 10.2. The molecule has 2 aromatic carbocycles. The first-order valence-electron chi connectivity index (χ1n) is 8.63. The van der Waals surface area contributed by atoms with Crippen LogP contribution in [0.25, 0.3) is 0 Å². The molecule has 1 aliphatic rings. The fraction of sp³-hybridized carbons (Fsp3) is 0.300. The summed E-state index contributed by atoms with van der Waals surface area (Å²) < 4.78 is 11.0. The summed E-state index contributed by atoms with van der Waals surface area (Å²) in [4.78, 5) is 23.7. The van der Waals surface area contributed by atoms with E-state index in [4.69, 9.17) is 9.47 Å². The summed E-state index contributed by atoms with van der Waals surface area (Å²) in [6, 6.07) is 17.3. The van der Waals surface area contributed by atoms with E-state index in [-0.39, 0.29) is 19.1 Å². The predicted molar refractivity (Wildman–Crippen MR) is 109 cm³/mol. The van der Waals surface area contributed by atoms with Crippen molar-refractivity contribution in [2.45, 2.75) is 11.1 Å². The van der Waals surface area contributed by atoms with Gasteiger partial charge in [-0.1, -0.05) is 48.5 Å². The smallest absolute Gasteiger partial charge is 0.344 e. The van der Waals surface area contributed by atoms with Crippen LogP contribution in [0.2, 0.25) is 0 Å². The molecule has 142 valence electrons. The Bertz CT molecular complexity index is 764. The van der Waals surface area contributed by atoms with Crippen molar-refractivity contribution in [3.05, 3.63) is 65.7 Å². The van der Waals surface area contributed by atoms with E-state index in [9.17, 15) is 9.59 Å². The molecule has 1 aliphatic heterocycles. The number of thioether (sulfide) groups is 2. The minimum Gasteiger partial charge on any atom is -0.482 e. The molecule has 1 N–H and O–H groups in total. The van der Waals surface area contributed by atoms with Crippen LogP contribution in [-0.2, 0) is 20.9 Å². The van der Waals surface area contributed by atoms with Gasteiger partial charge in [-0.25, -0.2) is 4.79 Å². The first kappa shape index (κ1) is 19.6. The van der Waals surface area contributed by atoms with E-state index < -0.39 is 5.97 Å². The van der Waals surface area contributed by atoms with Gasteiger partial charge in [-0.15, -0.1) is 23.5 Å². The predicted octanol–water partition coefficient (Wildman–Crippen LogP) is 3.40. The van der Waals surface area contributed by atoms with Gasteiger partial charge < -0.3 is 14.8 Å². The van der Waals surface area contributed by atoms with E-state index in [2.05, 4.69) is 5.32 Å². The Morgan fingerprint density at radius 1 is 0.963 bits per heavy atom. The van der Waals surface area contributed by atoms with E-state index in [0.717, 1.165) is 22.6 Å². The molecule has 0 bridgehead atoms. The molecule has 1 saturated heterocycles. The zero-order valence-electron chi connectivity index (χ0n) is 14.8. The highest BCUT2D eigenvalue weighted by atomic mass is 32.2. The minimum absolute atomic E-state index is 0.217. The zero-order chi connectivity index (χ0) is 18.9. The first-order valence-corrected chi connectivity index (χ1v) is 10.7. The average Bonchev–Trinajstić information content (AvgIpc) is 3.25. The van der Waals surface area contributed by atoms with Crippen molar-refractivity contribution in [2.75, 3.05) is 24.7 Å². The van der Waals surface area contributed by atoms with Crippen molar-refractivity contribution in [1.82, 2.24) is 5.32 Å². The highest BCUT2D eigenvalue weighted by molar-refractivity contribution is 8.19. The second kappa shape index (κ2) is 10.3. The molecule has 2 aromatic rings. The third-order valence-corrected chi connectivity index (χ3v) is 6.90. The standard InChI is InChI=1S/C20H21NO4S2/c22-18(21-12-15-6-2-1-3-7-15)13-25-19(23)14-24-17-9-5-4-8-16(17)20-26-10-11-27-20/h1-9,20H,10-14H2,(H,21,22). The van der Waals surface area contributed by atoms with Crippen LogP contribution in [0, 0.1) is 0 Å². The molecule has 0 saturated carbocycles. The Kier molecular flexibility index (Phi) is 7.47. The molecule has 3 rings (SSSR count). The summed E-state index contributed by atoms with van der Waals surface area (Å²) >= 11 is 3.75. The molecule has 0 aliphatic carbocycles. The Morgan fingerprint density at radius 2 is 1.67 bits per heavy atom. The Labute approximate surface area is 167 Å². The number of hydrogen-bond acceptors (Lipinski definition) is 6. The molecule has 27 heavy (non-hydrogen) atoms. The number of rotatable bonds is 8. The molecule has 0 aromatic heterocycles. The molecule has 1 heterocycles. The maximum atomic E-state index is 11.9. The lowest BCUT2D eigenvalue weighted by Gasteiger charge is -2.14. The van der Waals surface area contributed by atoms with Gasteiger partial charge in [-0.2, -0.15) is 0 Å². The number of amides is 1. The first-order chi connectivity index (χ1) is 13.2. The highest BCUT2D eigenvalue weighted by Crippen LogP contribution is 2.48. The van der Waals surface area contributed by atoms with Gasteiger partial charge in [0.1, 0.15) is 5.75 Å². The van der Waals surface area contributed by atoms with Crippen LogP contribution in [0.15, 0.2) is 54.6 Å². The summed E-state index contributed by atoms with van der Waals surface area (Å²) in [5.74, 6) is 2.01. The van der Waals surface area contributed by atoms with Crippen LogP contribution in [-0.4, -0.2) is 36.6 Å². The molecule has 0 radical (unpaired) electrons. The third-order valence-electron chi connectivity index (χ3n) is 3.84. The maximum Gasteiger partial charge on any atom is 0.344 e. The molecule has 0 spiro atoms. The van der Waals surface area contributed by atoms with Gasteiger partial charge in [-0.3, -0.25) is 4.79 Å². The maximum absolute atomic E-state index is 11.9. The Balaban J connectivity index is 1.40. The normalized spacial score (nSPS) is 13.9. The second-order valence-corrected chi connectivity index (χ2v) is 8.55. The van der Waals surface area contributed by atoms with Crippen molar-refractivity contribution >= 4 is 35.4 Å². The summed E-state index contributed by atoms with van der Waals surface area (Å²) in [7, 11) is 0. The molecule has 0 atom stereocenters. The lowest BCUT2D eigenvalue weighted by molar-refractivity contribution is -0.150. The summed E-state index contributed by atoms with van der Waals surface area (Å²) in [6.07, 6.45) is 0.